The monoisotopic (exact) mass is 239 g/mol. The molecule has 2 aromatic heterocycles. The van der Waals surface area contributed by atoms with E-state index in [1.54, 1.807) is 6.07 Å². The molecule has 4 nitrogen and oxygen atoms in total. The van der Waals surface area contributed by atoms with E-state index in [9.17, 15) is 8.78 Å². The van der Waals surface area contributed by atoms with E-state index in [2.05, 4.69) is 15.6 Å². The van der Waals surface area contributed by atoms with Crippen LogP contribution >= 0.6 is 0 Å². The van der Waals surface area contributed by atoms with Gasteiger partial charge in [0.05, 0.1) is 12.5 Å². The average molecular weight is 239 g/mol. The molecule has 0 aromatic carbocycles. The summed E-state index contributed by atoms with van der Waals surface area (Å²) in [4.78, 5) is 3.79. The van der Waals surface area contributed by atoms with Gasteiger partial charge in [-0.3, -0.25) is 0 Å². The van der Waals surface area contributed by atoms with Gasteiger partial charge in [-0.05, 0) is 6.07 Å². The van der Waals surface area contributed by atoms with Crippen molar-refractivity contribution in [3.8, 4) is 0 Å². The summed E-state index contributed by atoms with van der Waals surface area (Å²) >= 11 is 0. The van der Waals surface area contributed by atoms with Gasteiger partial charge in [-0.25, -0.2) is 13.8 Å². The van der Waals surface area contributed by atoms with Gasteiger partial charge in [0.2, 0.25) is 0 Å². The quantitative estimate of drug-likeness (QED) is 0.861. The van der Waals surface area contributed by atoms with Crippen LogP contribution in [0.4, 0.5) is 20.4 Å². The van der Waals surface area contributed by atoms with Crippen molar-refractivity contribution in [2.45, 2.75) is 6.54 Å². The predicted molar refractivity (Wildman–Crippen MR) is 59.7 cm³/mol. The van der Waals surface area contributed by atoms with Gasteiger partial charge in [-0.2, -0.15) is 0 Å². The average Bonchev–Trinajstić information content (AvgIpc) is 2.81. The maximum Gasteiger partial charge on any atom is 0.168 e. The summed E-state index contributed by atoms with van der Waals surface area (Å²) in [6.45, 7) is 0.356. The lowest BCUT2D eigenvalue weighted by atomic mass is 10.3. The second-order valence-corrected chi connectivity index (χ2v) is 3.38. The minimum Gasteiger partial charge on any atom is -0.472 e. The number of nitrogens with one attached hydrogen (secondary N) is 2. The highest BCUT2D eigenvalue weighted by atomic mass is 19.1. The number of furan rings is 1. The molecule has 0 unspecified atom stereocenters. The Morgan fingerprint density at radius 2 is 2.06 bits per heavy atom. The predicted octanol–water partition coefficient (Wildman–Crippen LogP) is 2.61. The van der Waals surface area contributed by atoms with E-state index >= 15 is 0 Å². The third-order valence-electron chi connectivity index (χ3n) is 2.21. The first-order valence-electron chi connectivity index (χ1n) is 4.99. The minimum absolute atomic E-state index is 0.00101. The number of nitrogens with zero attached hydrogens (tertiary/aromatic N) is 1. The normalized spacial score (nSPS) is 10.3. The Balaban J connectivity index is 2.15. The zero-order valence-corrected chi connectivity index (χ0v) is 9.13. The van der Waals surface area contributed by atoms with Crippen molar-refractivity contribution in [2.24, 2.45) is 0 Å². The van der Waals surface area contributed by atoms with Crippen LogP contribution in [0.25, 0.3) is 0 Å². The van der Waals surface area contributed by atoms with Gasteiger partial charge >= 0.3 is 0 Å². The summed E-state index contributed by atoms with van der Waals surface area (Å²) in [5.41, 5.74) is 0.849. The highest BCUT2D eigenvalue weighted by Gasteiger charge is 2.10. The van der Waals surface area contributed by atoms with Gasteiger partial charge in [0.1, 0.15) is 0 Å². The van der Waals surface area contributed by atoms with Crippen LogP contribution < -0.4 is 10.6 Å². The van der Waals surface area contributed by atoms with Gasteiger partial charge in [-0.1, -0.05) is 0 Å². The van der Waals surface area contributed by atoms with Crippen LogP contribution in [0.1, 0.15) is 5.56 Å². The molecule has 90 valence electrons. The number of hydrogen-bond donors (Lipinski definition) is 2. The highest BCUT2D eigenvalue weighted by molar-refractivity contribution is 5.47. The van der Waals surface area contributed by atoms with Crippen LogP contribution in [0.3, 0.4) is 0 Å². The summed E-state index contributed by atoms with van der Waals surface area (Å²) in [5, 5.41) is 5.31. The topological polar surface area (TPSA) is 50.1 Å². The van der Waals surface area contributed by atoms with Crippen LogP contribution in [0, 0.1) is 11.6 Å². The Morgan fingerprint density at radius 3 is 2.71 bits per heavy atom. The molecule has 2 heterocycles. The molecule has 2 N–H and O–H groups in total. The van der Waals surface area contributed by atoms with Crippen molar-refractivity contribution in [3.05, 3.63) is 41.9 Å². The molecule has 0 atom stereocenters. The molecule has 6 heteroatoms. The first-order chi connectivity index (χ1) is 8.20. The van der Waals surface area contributed by atoms with Crippen LogP contribution in [0.5, 0.6) is 0 Å². The second kappa shape index (κ2) is 4.82. The lowest BCUT2D eigenvalue weighted by molar-refractivity contribution is 0.564. The zero-order chi connectivity index (χ0) is 12.3. The Morgan fingerprint density at radius 1 is 1.29 bits per heavy atom. The largest absolute Gasteiger partial charge is 0.472 e. The molecule has 0 amide bonds. The number of aromatic nitrogens is 1. The van der Waals surface area contributed by atoms with E-state index in [0.717, 1.165) is 11.6 Å². The smallest absolute Gasteiger partial charge is 0.168 e. The lowest BCUT2D eigenvalue weighted by Gasteiger charge is -2.08. The van der Waals surface area contributed by atoms with Crippen molar-refractivity contribution in [3.63, 3.8) is 0 Å². The Hall–Kier alpha value is -2.11. The van der Waals surface area contributed by atoms with E-state index in [-0.39, 0.29) is 11.6 Å². The molecule has 0 saturated carbocycles. The molecule has 0 aliphatic heterocycles. The number of rotatable bonds is 4. The lowest BCUT2D eigenvalue weighted by Crippen LogP contribution is -2.06. The molecule has 0 radical (unpaired) electrons. The summed E-state index contributed by atoms with van der Waals surface area (Å²) < 4.78 is 31.4. The Kier molecular flexibility index (Phi) is 3.22. The molecule has 0 aliphatic rings. The minimum atomic E-state index is -0.731. The van der Waals surface area contributed by atoms with Gasteiger partial charge in [0.25, 0.3) is 0 Å². The number of hydrogen-bond acceptors (Lipinski definition) is 4. The van der Waals surface area contributed by atoms with Gasteiger partial charge in [0.15, 0.2) is 23.3 Å². The fourth-order valence-electron chi connectivity index (χ4n) is 1.34. The second-order valence-electron chi connectivity index (χ2n) is 3.38. The molecule has 0 bridgehead atoms. The number of anilines is 2. The molecule has 17 heavy (non-hydrogen) atoms. The van der Waals surface area contributed by atoms with Crippen molar-refractivity contribution >= 4 is 11.6 Å². The van der Waals surface area contributed by atoms with E-state index in [4.69, 9.17) is 4.42 Å². The molecular formula is C11H11F2N3O. The molecule has 2 rings (SSSR count). The van der Waals surface area contributed by atoms with Crippen LogP contribution in [-0.2, 0) is 6.54 Å². The third kappa shape index (κ3) is 2.52. The fourth-order valence-corrected chi connectivity index (χ4v) is 1.34. The summed E-state index contributed by atoms with van der Waals surface area (Å²) in [7, 11) is 1.52. The first kappa shape index (κ1) is 11.4. The highest BCUT2D eigenvalue weighted by Crippen LogP contribution is 2.19. The zero-order valence-electron chi connectivity index (χ0n) is 9.13. The fraction of sp³-hybridized carbons (Fsp3) is 0.182. The maximum atomic E-state index is 13.4. The molecule has 0 saturated heterocycles. The van der Waals surface area contributed by atoms with Gasteiger partial charge < -0.3 is 15.1 Å². The van der Waals surface area contributed by atoms with E-state index in [1.807, 2.05) is 0 Å². The maximum absolute atomic E-state index is 13.4. The Bertz CT molecular complexity index is 500. The molecule has 0 spiro atoms. The van der Waals surface area contributed by atoms with Gasteiger partial charge in [-0.15, -0.1) is 0 Å². The van der Waals surface area contributed by atoms with E-state index in [1.165, 1.54) is 19.6 Å². The first-order valence-corrected chi connectivity index (χ1v) is 4.99. The third-order valence-corrected chi connectivity index (χ3v) is 2.21. The van der Waals surface area contributed by atoms with Crippen LogP contribution in [0.15, 0.2) is 29.1 Å². The molecule has 0 fully saturated rings. The molecular weight excluding hydrogens is 228 g/mol. The van der Waals surface area contributed by atoms with Gasteiger partial charge in [0, 0.05) is 25.2 Å². The Labute approximate surface area is 96.7 Å². The van der Waals surface area contributed by atoms with Crippen LogP contribution in [-0.4, -0.2) is 12.0 Å². The van der Waals surface area contributed by atoms with Crippen molar-refractivity contribution in [1.82, 2.24) is 4.98 Å². The van der Waals surface area contributed by atoms with Crippen molar-refractivity contribution < 1.29 is 13.2 Å². The molecule has 2 aromatic rings. The van der Waals surface area contributed by atoms with Crippen molar-refractivity contribution in [1.29, 1.82) is 0 Å². The van der Waals surface area contributed by atoms with Crippen LogP contribution in [0.2, 0.25) is 0 Å². The summed E-state index contributed by atoms with van der Waals surface area (Å²) in [5.74, 6) is -1.46. The summed E-state index contributed by atoms with van der Waals surface area (Å²) in [6, 6.07) is 2.53. The van der Waals surface area contributed by atoms with E-state index in [0.29, 0.717) is 6.54 Å². The number of pyridine rings is 1. The van der Waals surface area contributed by atoms with E-state index < -0.39 is 11.6 Å². The van der Waals surface area contributed by atoms with Crippen molar-refractivity contribution in [2.75, 3.05) is 17.7 Å². The number of halogens is 2. The summed E-state index contributed by atoms with van der Waals surface area (Å²) in [6.07, 6.45) is 3.05. The SMILES string of the molecule is CNc1nc(NCc2ccoc2)c(F)cc1F. The molecule has 0 aliphatic carbocycles. The standard InChI is InChI=1S/C11H11F2N3O/c1-14-10-8(12)4-9(13)11(16-10)15-5-7-2-3-17-6-7/h2-4,6H,5H2,1H3,(H2,14,15,16).